The predicted molar refractivity (Wildman–Crippen MR) is 73.1 cm³/mol. The summed E-state index contributed by atoms with van der Waals surface area (Å²) in [6, 6.07) is 10.3. The molecule has 0 saturated heterocycles. The number of nitrogens with zero attached hydrogens (tertiary/aromatic N) is 1. The van der Waals surface area contributed by atoms with Crippen molar-refractivity contribution < 1.29 is 18.0 Å². The minimum Gasteiger partial charge on any atom is -0.304 e. The van der Waals surface area contributed by atoms with Crippen LogP contribution in [0.3, 0.4) is 0 Å². The summed E-state index contributed by atoms with van der Waals surface area (Å²) in [5.41, 5.74) is 2.25. The third kappa shape index (κ3) is 2.39. The molecule has 0 atom stereocenters. The fraction of sp³-hybridized carbons (Fsp3) is 0.188. The molecule has 2 aromatic carbocycles. The highest BCUT2D eigenvalue weighted by molar-refractivity contribution is 6.10. The molecule has 1 amide bonds. The van der Waals surface area contributed by atoms with Crippen molar-refractivity contribution >= 4 is 11.6 Å². The standard InChI is InChI=1S/C16H12F3NO/c1-10-2-3-11-9-20(15(21)14(11)8-10)13-6-4-12(5-7-13)16(17,18)19/h2-8H,9H2,1H3. The van der Waals surface area contributed by atoms with Gasteiger partial charge in [0.25, 0.3) is 5.91 Å². The van der Waals surface area contributed by atoms with Gasteiger partial charge in [0.2, 0.25) is 0 Å². The first-order valence-corrected chi connectivity index (χ1v) is 6.45. The molecule has 2 nitrogen and oxygen atoms in total. The molecule has 0 aliphatic carbocycles. The zero-order chi connectivity index (χ0) is 15.2. The fourth-order valence-corrected chi connectivity index (χ4v) is 2.45. The Labute approximate surface area is 119 Å². The number of carbonyl (C=O) groups is 1. The molecule has 1 aliphatic heterocycles. The van der Waals surface area contributed by atoms with E-state index in [-0.39, 0.29) is 5.91 Å². The number of benzene rings is 2. The molecular formula is C16H12F3NO. The fourth-order valence-electron chi connectivity index (χ4n) is 2.45. The second-order valence-corrected chi connectivity index (χ2v) is 5.10. The summed E-state index contributed by atoms with van der Waals surface area (Å²) in [6.45, 7) is 2.29. The molecule has 0 spiro atoms. The third-order valence-corrected chi connectivity index (χ3v) is 3.58. The number of rotatable bonds is 1. The molecule has 0 N–H and O–H groups in total. The SMILES string of the molecule is Cc1ccc2c(c1)C(=O)N(c1ccc(C(F)(F)F)cc1)C2. The minimum atomic E-state index is -4.37. The Morgan fingerprint density at radius 3 is 2.33 bits per heavy atom. The number of carbonyl (C=O) groups excluding carboxylic acids is 1. The number of hydrogen-bond donors (Lipinski definition) is 0. The summed E-state index contributed by atoms with van der Waals surface area (Å²) in [5, 5.41) is 0. The van der Waals surface area contributed by atoms with Crippen molar-refractivity contribution in [1.29, 1.82) is 0 Å². The van der Waals surface area contributed by atoms with Crippen LogP contribution in [0.4, 0.5) is 18.9 Å². The number of halogens is 3. The topological polar surface area (TPSA) is 20.3 Å². The highest BCUT2D eigenvalue weighted by Crippen LogP contribution is 2.33. The maximum Gasteiger partial charge on any atom is 0.416 e. The van der Waals surface area contributed by atoms with Crippen molar-refractivity contribution in [2.24, 2.45) is 0 Å². The van der Waals surface area contributed by atoms with Gasteiger partial charge in [-0.05, 0) is 42.8 Å². The average Bonchev–Trinajstić information content (AvgIpc) is 2.75. The molecular weight excluding hydrogens is 279 g/mol. The molecule has 0 fully saturated rings. The highest BCUT2D eigenvalue weighted by atomic mass is 19.4. The van der Waals surface area contributed by atoms with Crippen LogP contribution in [0.2, 0.25) is 0 Å². The van der Waals surface area contributed by atoms with Crippen LogP contribution in [0, 0.1) is 6.92 Å². The molecule has 0 saturated carbocycles. The van der Waals surface area contributed by atoms with E-state index in [0.717, 1.165) is 23.3 Å². The maximum atomic E-state index is 12.6. The van der Waals surface area contributed by atoms with Gasteiger partial charge in [0, 0.05) is 11.3 Å². The van der Waals surface area contributed by atoms with Gasteiger partial charge in [-0.25, -0.2) is 0 Å². The Bertz CT molecular complexity index is 704. The van der Waals surface area contributed by atoms with Crippen LogP contribution < -0.4 is 4.90 Å². The Morgan fingerprint density at radius 1 is 1.05 bits per heavy atom. The summed E-state index contributed by atoms with van der Waals surface area (Å²) in [7, 11) is 0. The first kappa shape index (κ1) is 13.7. The monoisotopic (exact) mass is 291 g/mol. The van der Waals surface area contributed by atoms with E-state index in [1.807, 2.05) is 25.1 Å². The molecule has 3 rings (SSSR count). The van der Waals surface area contributed by atoms with Gasteiger partial charge in [-0.2, -0.15) is 13.2 Å². The van der Waals surface area contributed by atoms with Crippen LogP contribution in [0.5, 0.6) is 0 Å². The van der Waals surface area contributed by atoms with Gasteiger partial charge in [-0.1, -0.05) is 17.7 Å². The molecule has 0 aromatic heterocycles. The van der Waals surface area contributed by atoms with Crippen molar-refractivity contribution in [3.8, 4) is 0 Å². The van der Waals surface area contributed by atoms with E-state index < -0.39 is 11.7 Å². The molecule has 0 bridgehead atoms. The maximum absolute atomic E-state index is 12.6. The van der Waals surface area contributed by atoms with E-state index in [4.69, 9.17) is 0 Å². The molecule has 2 aromatic rings. The Balaban J connectivity index is 1.91. The molecule has 0 radical (unpaired) electrons. The number of anilines is 1. The number of fused-ring (bicyclic) bond motifs is 1. The lowest BCUT2D eigenvalue weighted by Gasteiger charge is -2.16. The lowest BCUT2D eigenvalue weighted by molar-refractivity contribution is -0.137. The summed E-state index contributed by atoms with van der Waals surface area (Å²) < 4.78 is 37.7. The summed E-state index contributed by atoms with van der Waals surface area (Å²) in [5.74, 6) is -0.173. The smallest absolute Gasteiger partial charge is 0.304 e. The van der Waals surface area contributed by atoms with E-state index in [0.29, 0.717) is 17.8 Å². The highest BCUT2D eigenvalue weighted by Gasteiger charge is 2.32. The number of hydrogen-bond acceptors (Lipinski definition) is 1. The second kappa shape index (κ2) is 4.62. The van der Waals surface area contributed by atoms with E-state index in [9.17, 15) is 18.0 Å². The van der Waals surface area contributed by atoms with Crippen LogP contribution in [0.25, 0.3) is 0 Å². The molecule has 1 aliphatic rings. The minimum absolute atomic E-state index is 0.173. The number of aryl methyl sites for hydroxylation is 1. The van der Waals surface area contributed by atoms with Crippen molar-refractivity contribution in [3.63, 3.8) is 0 Å². The molecule has 1 heterocycles. The average molecular weight is 291 g/mol. The van der Waals surface area contributed by atoms with Gasteiger partial charge in [0.1, 0.15) is 0 Å². The number of amides is 1. The quantitative estimate of drug-likeness (QED) is 0.772. The summed E-state index contributed by atoms with van der Waals surface area (Å²) in [4.78, 5) is 13.8. The summed E-state index contributed by atoms with van der Waals surface area (Å²) in [6.07, 6.45) is -4.37. The number of alkyl halides is 3. The van der Waals surface area contributed by atoms with Crippen LogP contribution in [-0.2, 0) is 12.7 Å². The third-order valence-electron chi connectivity index (χ3n) is 3.58. The van der Waals surface area contributed by atoms with E-state index in [1.165, 1.54) is 17.0 Å². The first-order chi connectivity index (χ1) is 9.86. The molecule has 5 heteroatoms. The van der Waals surface area contributed by atoms with E-state index in [1.54, 1.807) is 0 Å². The lowest BCUT2D eigenvalue weighted by Crippen LogP contribution is -2.23. The summed E-state index contributed by atoms with van der Waals surface area (Å²) >= 11 is 0. The van der Waals surface area contributed by atoms with Gasteiger partial charge in [0.05, 0.1) is 12.1 Å². The largest absolute Gasteiger partial charge is 0.416 e. The van der Waals surface area contributed by atoms with Crippen molar-refractivity contribution in [1.82, 2.24) is 0 Å². The van der Waals surface area contributed by atoms with Crippen LogP contribution >= 0.6 is 0 Å². The molecule has 0 unspecified atom stereocenters. The van der Waals surface area contributed by atoms with Crippen molar-refractivity contribution in [3.05, 3.63) is 64.7 Å². The van der Waals surface area contributed by atoms with E-state index in [2.05, 4.69) is 0 Å². The predicted octanol–water partition coefficient (Wildman–Crippen LogP) is 4.17. The first-order valence-electron chi connectivity index (χ1n) is 6.45. The second-order valence-electron chi connectivity index (χ2n) is 5.10. The molecule has 21 heavy (non-hydrogen) atoms. The van der Waals surface area contributed by atoms with Crippen LogP contribution in [-0.4, -0.2) is 5.91 Å². The van der Waals surface area contributed by atoms with Crippen LogP contribution in [0.15, 0.2) is 42.5 Å². The van der Waals surface area contributed by atoms with Crippen molar-refractivity contribution in [2.75, 3.05) is 4.90 Å². The van der Waals surface area contributed by atoms with E-state index >= 15 is 0 Å². The van der Waals surface area contributed by atoms with Crippen molar-refractivity contribution in [2.45, 2.75) is 19.6 Å². The lowest BCUT2D eigenvalue weighted by atomic mass is 10.1. The Morgan fingerprint density at radius 2 is 1.71 bits per heavy atom. The van der Waals surface area contributed by atoms with Gasteiger partial charge < -0.3 is 4.90 Å². The Kier molecular flexibility index (Phi) is 3.01. The normalized spacial score (nSPS) is 14.5. The molecule has 108 valence electrons. The van der Waals surface area contributed by atoms with Gasteiger partial charge in [-0.15, -0.1) is 0 Å². The zero-order valence-electron chi connectivity index (χ0n) is 11.2. The van der Waals surface area contributed by atoms with Crippen LogP contribution in [0.1, 0.15) is 27.0 Å². The van der Waals surface area contributed by atoms with Gasteiger partial charge in [0.15, 0.2) is 0 Å². The zero-order valence-corrected chi connectivity index (χ0v) is 11.2. The Hall–Kier alpha value is -2.30. The van der Waals surface area contributed by atoms with Gasteiger partial charge >= 0.3 is 6.18 Å². The van der Waals surface area contributed by atoms with Gasteiger partial charge in [-0.3, -0.25) is 4.79 Å².